The fourth-order valence-corrected chi connectivity index (χ4v) is 3.03. The molecule has 0 fully saturated rings. The number of rotatable bonds is 4. The van der Waals surface area contributed by atoms with Gasteiger partial charge in [-0.25, -0.2) is 4.39 Å². The Balaban J connectivity index is 1.62. The second-order valence-corrected chi connectivity index (χ2v) is 6.21. The molecule has 1 aliphatic carbocycles. The first-order valence-electron chi connectivity index (χ1n) is 8.50. The van der Waals surface area contributed by atoms with E-state index in [-0.39, 0.29) is 29.6 Å². The third-order valence-corrected chi connectivity index (χ3v) is 4.43. The van der Waals surface area contributed by atoms with Crippen molar-refractivity contribution in [2.75, 3.05) is 0 Å². The van der Waals surface area contributed by atoms with Crippen LogP contribution >= 0.6 is 0 Å². The van der Waals surface area contributed by atoms with Crippen LogP contribution in [0.5, 0.6) is 5.75 Å². The van der Waals surface area contributed by atoms with E-state index in [1.807, 2.05) is 12.1 Å². The number of benzene rings is 3. The van der Waals surface area contributed by atoms with E-state index >= 15 is 0 Å². The summed E-state index contributed by atoms with van der Waals surface area (Å²) in [6.45, 7) is 0.253. The van der Waals surface area contributed by atoms with Crippen LogP contribution in [-0.2, 0) is 6.61 Å². The summed E-state index contributed by atoms with van der Waals surface area (Å²) in [5.74, 6) is -0.305. The third-order valence-electron chi connectivity index (χ3n) is 4.43. The van der Waals surface area contributed by atoms with Crippen molar-refractivity contribution in [1.29, 1.82) is 0 Å². The zero-order valence-electron chi connectivity index (χ0n) is 14.3. The monoisotopic (exact) mass is 358 g/mol. The second kappa shape index (κ2) is 7.00. The Kier molecular flexibility index (Phi) is 4.38. The van der Waals surface area contributed by atoms with Crippen LogP contribution in [0.4, 0.5) is 4.39 Å². The smallest absolute Gasteiger partial charge is 0.197 e. The molecule has 0 bridgehead atoms. The molecule has 0 heterocycles. The first-order valence-corrected chi connectivity index (χ1v) is 8.50. The Morgan fingerprint density at radius 2 is 1.37 bits per heavy atom. The van der Waals surface area contributed by atoms with E-state index < -0.39 is 0 Å². The highest BCUT2D eigenvalue weighted by atomic mass is 19.1. The zero-order valence-corrected chi connectivity index (χ0v) is 14.3. The molecule has 0 aliphatic heterocycles. The van der Waals surface area contributed by atoms with E-state index in [1.165, 1.54) is 12.1 Å². The van der Waals surface area contributed by atoms with Gasteiger partial charge in [0.05, 0.1) is 5.57 Å². The van der Waals surface area contributed by atoms with E-state index in [2.05, 4.69) is 0 Å². The van der Waals surface area contributed by atoms with Gasteiger partial charge in [-0.05, 0) is 29.8 Å². The quantitative estimate of drug-likeness (QED) is 0.494. The fourth-order valence-electron chi connectivity index (χ4n) is 3.03. The van der Waals surface area contributed by atoms with Crippen LogP contribution in [0.25, 0.3) is 6.08 Å². The minimum absolute atomic E-state index is 0.133. The van der Waals surface area contributed by atoms with Crippen molar-refractivity contribution >= 4 is 17.6 Å². The molecule has 4 rings (SSSR count). The molecule has 27 heavy (non-hydrogen) atoms. The molecule has 3 aromatic rings. The molecule has 0 aromatic heterocycles. The highest BCUT2D eigenvalue weighted by Crippen LogP contribution is 2.30. The maximum Gasteiger partial charge on any atom is 0.197 e. The van der Waals surface area contributed by atoms with Crippen molar-refractivity contribution in [3.63, 3.8) is 0 Å². The number of carbonyl (C=O) groups excluding carboxylic acids is 2. The second-order valence-electron chi connectivity index (χ2n) is 6.21. The van der Waals surface area contributed by atoms with Gasteiger partial charge in [0, 0.05) is 16.7 Å². The highest BCUT2D eigenvalue weighted by molar-refractivity contribution is 6.41. The largest absolute Gasteiger partial charge is 0.488 e. The average molecular weight is 358 g/mol. The Bertz CT molecular complexity index is 1030. The van der Waals surface area contributed by atoms with Crippen molar-refractivity contribution in [3.05, 3.63) is 106 Å². The minimum Gasteiger partial charge on any atom is -0.488 e. The van der Waals surface area contributed by atoms with Crippen LogP contribution in [0.3, 0.4) is 0 Å². The lowest BCUT2D eigenvalue weighted by Gasteiger charge is -2.09. The van der Waals surface area contributed by atoms with Crippen molar-refractivity contribution in [3.8, 4) is 5.75 Å². The van der Waals surface area contributed by atoms with Gasteiger partial charge in [-0.15, -0.1) is 0 Å². The molecule has 1 aliphatic rings. The van der Waals surface area contributed by atoms with Gasteiger partial charge in [0.15, 0.2) is 11.6 Å². The summed E-state index contributed by atoms with van der Waals surface area (Å²) >= 11 is 0. The van der Waals surface area contributed by atoms with Crippen molar-refractivity contribution in [1.82, 2.24) is 0 Å². The predicted octanol–water partition coefficient (Wildman–Crippen LogP) is 4.87. The summed E-state index contributed by atoms with van der Waals surface area (Å²) in [6.07, 6.45) is 1.57. The topological polar surface area (TPSA) is 43.4 Å². The van der Waals surface area contributed by atoms with E-state index in [4.69, 9.17) is 4.74 Å². The molecule has 0 unspecified atom stereocenters. The van der Waals surface area contributed by atoms with Crippen LogP contribution in [0.2, 0.25) is 0 Å². The molecule has 132 valence electrons. The Morgan fingerprint density at radius 3 is 2.04 bits per heavy atom. The maximum absolute atomic E-state index is 13.0. The summed E-state index contributed by atoms with van der Waals surface area (Å²) in [5, 5.41) is 0. The molecule has 0 atom stereocenters. The third kappa shape index (κ3) is 3.29. The van der Waals surface area contributed by atoms with Crippen LogP contribution in [0.1, 0.15) is 31.8 Å². The van der Waals surface area contributed by atoms with Crippen LogP contribution in [-0.4, -0.2) is 11.6 Å². The number of ketones is 2. The van der Waals surface area contributed by atoms with Crippen molar-refractivity contribution < 1.29 is 18.7 Å². The van der Waals surface area contributed by atoms with Gasteiger partial charge in [-0.3, -0.25) is 9.59 Å². The molecule has 3 nitrogen and oxygen atoms in total. The molecule has 0 saturated heterocycles. The Hall–Kier alpha value is -3.53. The molecular weight excluding hydrogens is 343 g/mol. The Labute approximate surface area is 155 Å². The summed E-state index contributed by atoms with van der Waals surface area (Å²) in [7, 11) is 0. The van der Waals surface area contributed by atoms with Gasteiger partial charge in [0.1, 0.15) is 18.2 Å². The predicted molar refractivity (Wildman–Crippen MR) is 100 cm³/mol. The number of ether oxygens (including phenoxy) is 1. The van der Waals surface area contributed by atoms with Gasteiger partial charge >= 0.3 is 0 Å². The summed E-state index contributed by atoms with van der Waals surface area (Å²) in [5.41, 5.74) is 2.45. The zero-order chi connectivity index (χ0) is 18.8. The molecule has 3 aromatic carbocycles. The summed E-state index contributed by atoms with van der Waals surface area (Å²) in [6, 6.07) is 20.0. The first kappa shape index (κ1) is 16.9. The number of fused-ring (bicyclic) bond motifs is 1. The molecule has 0 saturated carbocycles. The van der Waals surface area contributed by atoms with Gasteiger partial charge in [0.25, 0.3) is 0 Å². The SMILES string of the molecule is O=C1C(=Cc2ccccc2OCc2ccc(F)cc2)C(=O)c2ccccc21. The number of para-hydroxylation sites is 1. The van der Waals surface area contributed by atoms with E-state index in [1.54, 1.807) is 54.6 Å². The van der Waals surface area contributed by atoms with Gasteiger partial charge in [0.2, 0.25) is 0 Å². The molecule has 0 radical (unpaired) electrons. The lowest BCUT2D eigenvalue weighted by molar-refractivity contribution is 0.0990. The fraction of sp³-hybridized carbons (Fsp3) is 0.0435. The molecular formula is C23H15FO3. The molecule has 0 amide bonds. The maximum atomic E-state index is 13.0. The van der Waals surface area contributed by atoms with Crippen molar-refractivity contribution in [2.45, 2.75) is 6.61 Å². The molecule has 4 heteroatoms. The van der Waals surface area contributed by atoms with Crippen LogP contribution in [0.15, 0.2) is 78.4 Å². The average Bonchev–Trinajstić information content (AvgIpc) is 2.94. The lowest BCUT2D eigenvalue weighted by atomic mass is 10.1. The summed E-state index contributed by atoms with van der Waals surface area (Å²) < 4.78 is 18.8. The number of hydrogen-bond acceptors (Lipinski definition) is 3. The van der Waals surface area contributed by atoms with Crippen LogP contribution < -0.4 is 4.74 Å². The number of allylic oxidation sites excluding steroid dienone is 1. The normalized spacial score (nSPS) is 12.9. The standard InChI is InChI=1S/C23H15FO3/c24-17-11-9-15(10-12-17)14-27-21-8-4-1-5-16(21)13-20-22(25)18-6-2-3-7-19(18)23(20)26/h1-13H,14H2. The van der Waals surface area contributed by atoms with Gasteiger partial charge < -0.3 is 4.74 Å². The molecule has 0 spiro atoms. The van der Waals surface area contributed by atoms with Crippen molar-refractivity contribution in [2.24, 2.45) is 0 Å². The summed E-state index contributed by atoms with van der Waals surface area (Å²) in [4.78, 5) is 25.1. The number of halogens is 1. The first-order chi connectivity index (χ1) is 13.1. The van der Waals surface area contributed by atoms with Gasteiger partial charge in [-0.2, -0.15) is 0 Å². The Morgan fingerprint density at radius 1 is 0.778 bits per heavy atom. The van der Waals surface area contributed by atoms with Crippen LogP contribution in [0, 0.1) is 5.82 Å². The minimum atomic E-state index is -0.304. The van der Waals surface area contributed by atoms with Gasteiger partial charge in [-0.1, -0.05) is 54.6 Å². The number of carbonyl (C=O) groups is 2. The number of hydrogen-bond donors (Lipinski definition) is 0. The van der Waals surface area contributed by atoms with E-state index in [0.717, 1.165) is 5.56 Å². The highest BCUT2D eigenvalue weighted by Gasteiger charge is 2.32. The van der Waals surface area contributed by atoms with E-state index in [0.29, 0.717) is 22.4 Å². The molecule has 0 N–H and O–H groups in total. The van der Waals surface area contributed by atoms with E-state index in [9.17, 15) is 14.0 Å². The number of Topliss-reactive ketones (excluding diaryl/α,β-unsaturated/α-hetero) is 2. The lowest BCUT2D eigenvalue weighted by Crippen LogP contribution is -2.02.